The first-order valence-electron chi connectivity index (χ1n) is 6.44. The molecular weight excluding hydrogens is 481 g/mol. The fourth-order valence-electron chi connectivity index (χ4n) is 2.13. The van der Waals surface area contributed by atoms with Gasteiger partial charge in [0.1, 0.15) is 0 Å². The van der Waals surface area contributed by atoms with Crippen molar-refractivity contribution in [3.8, 4) is 5.69 Å². The van der Waals surface area contributed by atoms with Crippen LogP contribution in [0.15, 0.2) is 79.2 Å². The van der Waals surface area contributed by atoms with Crippen LogP contribution in [0.4, 0.5) is 0 Å². The van der Waals surface area contributed by atoms with E-state index in [0.29, 0.717) is 0 Å². The van der Waals surface area contributed by atoms with Gasteiger partial charge in [-0.3, -0.25) is 6.08 Å². The molecule has 22 heavy (non-hydrogen) atoms. The van der Waals surface area contributed by atoms with E-state index in [1.807, 2.05) is 24.3 Å². The molecular formula is C18H15Br2NZr. The minimum atomic E-state index is 0. The SMILES string of the molecule is [Br-].[Br-].[C-]1=CC=CC1.[Zr+4].c1ccc2[cH-]c(-n3cccc3)cc2c1. The molecule has 0 amide bonds. The Bertz CT molecular complexity index is 669. The van der Waals surface area contributed by atoms with Crippen LogP contribution in [0.25, 0.3) is 16.5 Å². The van der Waals surface area contributed by atoms with E-state index in [9.17, 15) is 0 Å². The summed E-state index contributed by atoms with van der Waals surface area (Å²) >= 11 is 0. The molecule has 2 aromatic carbocycles. The van der Waals surface area contributed by atoms with Crippen molar-refractivity contribution >= 4 is 10.8 Å². The summed E-state index contributed by atoms with van der Waals surface area (Å²) in [5.74, 6) is 0. The molecule has 1 nitrogen and oxygen atoms in total. The van der Waals surface area contributed by atoms with E-state index in [-0.39, 0.29) is 60.2 Å². The molecule has 0 N–H and O–H groups in total. The van der Waals surface area contributed by atoms with Crippen LogP contribution in [0.1, 0.15) is 6.42 Å². The summed E-state index contributed by atoms with van der Waals surface area (Å²) in [5.41, 5.74) is 1.23. The van der Waals surface area contributed by atoms with Gasteiger partial charge in [0, 0.05) is 12.4 Å². The second kappa shape index (κ2) is 11.0. The van der Waals surface area contributed by atoms with Crippen molar-refractivity contribution in [2.75, 3.05) is 0 Å². The Balaban J connectivity index is 0.000000482. The van der Waals surface area contributed by atoms with E-state index in [0.717, 1.165) is 6.42 Å². The molecule has 1 heterocycles. The van der Waals surface area contributed by atoms with Crippen molar-refractivity contribution in [3.63, 3.8) is 0 Å². The second-order valence-electron chi connectivity index (χ2n) is 4.44. The predicted octanol–water partition coefficient (Wildman–Crippen LogP) is -1.34. The fraction of sp³-hybridized carbons (Fsp3) is 0.0556. The van der Waals surface area contributed by atoms with Crippen LogP contribution in [-0.2, 0) is 26.2 Å². The molecule has 4 rings (SSSR count). The zero-order valence-corrected chi connectivity index (χ0v) is 17.5. The number of aromatic nitrogens is 1. The molecule has 0 unspecified atom stereocenters. The maximum Gasteiger partial charge on any atom is 4.00 e. The van der Waals surface area contributed by atoms with Crippen LogP contribution in [0.3, 0.4) is 0 Å². The van der Waals surface area contributed by atoms with Crippen LogP contribution in [0, 0.1) is 6.08 Å². The maximum absolute atomic E-state index is 2.99. The summed E-state index contributed by atoms with van der Waals surface area (Å²) in [6, 6.07) is 16.9. The van der Waals surface area contributed by atoms with Crippen molar-refractivity contribution in [2.45, 2.75) is 6.42 Å². The number of fused-ring (bicyclic) bond motifs is 1. The third kappa shape index (κ3) is 5.57. The van der Waals surface area contributed by atoms with Crippen LogP contribution < -0.4 is 34.0 Å². The van der Waals surface area contributed by atoms with Gasteiger partial charge < -0.3 is 38.5 Å². The average molecular weight is 496 g/mol. The number of hydrogen-bond donors (Lipinski definition) is 0. The smallest absolute Gasteiger partial charge is 1.00 e. The first kappa shape index (κ1) is 21.4. The molecule has 1 aromatic heterocycles. The second-order valence-corrected chi connectivity index (χ2v) is 4.44. The van der Waals surface area contributed by atoms with E-state index in [1.54, 1.807) is 0 Å². The van der Waals surface area contributed by atoms with Crippen molar-refractivity contribution in [3.05, 3.63) is 85.2 Å². The Hall–Kier alpha value is -0.567. The molecule has 0 spiro atoms. The fourth-order valence-corrected chi connectivity index (χ4v) is 2.13. The number of hydrogen-bond acceptors (Lipinski definition) is 0. The molecule has 0 saturated carbocycles. The number of rotatable bonds is 1. The van der Waals surface area contributed by atoms with Gasteiger partial charge in [0.25, 0.3) is 0 Å². The van der Waals surface area contributed by atoms with Crippen molar-refractivity contribution in [1.82, 2.24) is 4.57 Å². The summed E-state index contributed by atoms with van der Waals surface area (Å²) in [5, 5.41) is 2.60. The molecule has 0 saturated heterocycles. The van der Waals surface area contributed by atoms with Crippen LogP contribution in [0.5, 0.6) is 0 Å². The normalized spacial score (nSPS) is 10.9. The van der Waals surface area contributed by atoms with Gasteiger partial charge in [-0.25, -0.2) is 12.2 Å². The first-order valence-corrected chi connectivity index (χ1v) is 6.44. The summed E-state index contributed by atoms with van der Waals surface area (Å²) < 4.78 is 2.12. The molecule has 110 valence electrons. The first-order chi connectivity index (χ1) is 9.43. The van der Waals surface area contributed by atoms with Gasteiger partial charge in [0.15, 0.2) is 0 Å². The largest absolute Gasteiger partial charge is 4.00 e. The summed E-state index contributed by atoms with van der Waals surface area (Å²) in [6.07, 6.45) is 14.1. The molecule has 0 bridgehead atoms. The molecule has 0 aliphatic heterocycles. The van der Waals surface area contributed by atoms with E-state index in [4.69, 9.17) is 0 Å². The minimum absolute atomic E-state index is 0. The van der Waals surface area contributed by atoms with Crippen LogP contribution >= 0.6 is 0 Å². The summed E-state index contributed by atoms with van der Waals surface area (Å²) in [6.45, 7) is 0. The molecule has 0 atom stereocenters. The van der Waals surface area contributed by atoms with E-state index in [2.05, 4.69) is 65.5 Å². The van der Waals surface area contributed by atoms with Gasteiger partial charge in [-0.05, 0) is 17.8 Å². The van der Waals surface area contributed by atoms with Gasteiger partial charge in [-0.1, -0.05) is 6.07 Å². The molecule has 0 fully saturated rings. The van der Waals surface area contributed by atoms with Crippen LogP contribution in [-0.4, -0.2) is 4.57 Å². The third-order valence-corrected chi connectivity index (χ3v) is 3.09. The average Bonchev–Trinajstić information content (AvgIpc) is 3.20. The van der Waals surface area contributed by atoms with Crippen LogP contribution in [0.2, 0.25) is 0 Å². The quantitative estimate of drug-likeness (QED) is 0.368. The zero-order chi connectivity index (χ0) is 12.9. The standard InChI is InChI=1S/C13H10N.C5H5.2BrH.Zr/c1-2-6-12-10-13(9-11(12)5-1)14-7-3-4-8-14;1-2-4-5-3-1;;;/h1-10H;1-3H,4H2;2*1H;/q2*-1;;;+4/p-2. The Kier molecular flexibility index (Phi) is 10.8. The Labute approximate surface area is 171 Å². The van der Waals surface area contributed by atoms with Crippen molar-refractivity contribution in [2.24, 2.45) is 0 Å². The van der Waals surface area contributed by atoms with Gasteiger partial charge in [0.2, 0.25) is 0 Å². The Morgan fingerprint density at radius 2 is 1.73 bits per heavy atom. The molecule has 0 radical (unpaired) electrons. The van der Waals surface area contributed by atoms with E-state index < -0.39 is 0 Å². The van der Waals surface area contributed by atoms with Gasteiger partial charge in [-0.2, -0.15) is 6.08 Å². The Morgan fingerprint density at radius 3 is 2.27 bits per heavy atom. The number of benzene rings is 1. The number of nitrogens with zero attached hydrogens (tertiary/aromatic N) is 1. The number of halogens is 2. The minimum Gasteiger partial charge on any atom is -1.00 e. The van der Waals surface area contributed by atoms with Crippen molar-refractivity contribution < 1.29 is 60.2 Å². The Morgan fingerprint density at radius 1 is 1.00 bits per heavy atom. The van der Waals surface area contributed by atoms with Gasteiger partial charge >= 0.3 is 26.2 Å². The molecule has 3 aromatic rings. The maximum atomic E-state index is 2.99. The molecule has 1 aliphatic carbocycles. The molecule has 1 aliphatic rings. The zero-order valence-electron chi connectivity index (χ0n) is 11.9. The summed E-state index contributed by atoms with van der Waals surface area (Å²) in [7, 11) is 0. The monoisotopic (exact) mass is 493 g/mol. The molecule has 4 heteroatoms. The predicted molar refractivity (Wildman–Crippen MR) is 80.4 cm³/mol. The number of allylic oxidation sites excluding steroid dienone is 4. The van der Waals surface area contributed by atoms with E-state index >= 15 is 0 Å². The summed E-state index contributed by atoms with van der Waals surface area (Å²) in [4.78, 5) is 0. The van der Waals surface area contributed by atoms with Crippen molar-refractivity contribution in [1.29, 1.82) is 0 Å². The third-order valence-electron chi connectivity index (χ3n) is 3.09. The van der Waals surface area contributed by atoms with E-state index in [1.165, 1.54) is 16.5 Å². The van der Waals surface area contributed by atoms with Gasteiger partial charge in [-0.15, -0.1) is 47.5 Å². The van der Waals surface area contributed by atoms with Gasteiger partial charge in [0.05, 0.1) is 0 Å². The topological polar surface area (TPSA) is 4.93 Å².